The first-order valence-corrected chi connectivity index (χ1v) is 6.28. The van der Waals surface area contributed by atoms with Crippen LogP contribution in [0.25, 0.3) is 0 Å². The van der Waals surface area contributed by atoms with Gasteiger partial charge in [-0.15, -0.1) is 0 Å². The second-order valence-electron chi connectivity index (χ2n) is 4.22. The Balaban J connectivity index is 2.49. The average Bonchev–Trinajstić information content (AvgIpc) is 2.33. The summed E-state index contributed by atoms with van der Waals surface area (Å²) in [6, 6.07) is 5.93. The summed E-state index contributed by atoms with van der Waals surface area (Å²) in [7, 11) is 0. The highest BCUT2D eigenvalue weighted by Crippen LogP contribution is 2.29. The van der Waals surface area contributed by atoms with E-state index in [0.29, 0.717) is 5.56 Å². The predicted molar refractivity (Wildman–Crippen MR) is 69.3 cm³/mol. The molecule has 1 unspecified atom stereocenters. The van der Waals surface area contributed by atoms with Crippen LogP contribution in [0.4, 0.5) is 13.2 Å². The van der Waals surface area contributed by atoms with Gasteiger partial charge in [0.1, 0.15) is 23.6 Å². The molecule has 19 heavy (non-hydrogen) atoms. The van der Waals surface area contributed by atoms with Gasteiger partial charge >= 0.3 is 0 Å². The highest BCUT2D eigenvalue weighted by Gasteiger charge is 2.20. The number of halogens is 4. The SMILES string of the molecule is Cc1ccc(C(O)c2cc(F)c(Br)cc2F)c(F)c1. The molecule has 0 fully saturated rings. The second-order valence-corrected chi connectivity index (χ2v) is 5.07. The average molecular weight is 331 g/mol. The van der Waals surface area contributed by atoms with E-state index in [9.17, 15) is 18.3 Å². The van der Waals surface area contributed by atoms with Gasteiger partial charge in [0.2, 0.25) is 0 Å². The zero-order valence-electron chi connectivity index (χ0n) is 9.92. The lowest BCUT2D eigenvalue weighted by atomic mass is 9.99. The lowest BCUT2D eigenvalue weighted by Crippen LogP contribution is -2.06. The monoisotopic (exact) mass is 330 g/mol. The number of aliphatic hydroxyl groups is 1. The van der Waals surface area contributed by atoms with Crippen LogP contribution >= 0.6 is 15.9 Å². The highest BCUT2D eigenvalue weighted by molar-refractivity contribution is 9.10. The fraction of sp³-hybridized carbons (Fsp3) is 0.143. The Kier molecular flexibility index (Phi) is 3.96. The van der Waals surface area contributed by atoms with Gasteiger partial charge in [0, 0.05) is 11.1 Å². The summed E-state index contributed by atoms with van der Waals surface area (Å²) in [6.45, 7) is 1.69. The van der Waals surface area contributed by atoms with Gasteiger partial charge in [-0.2, -0.15) is 0 Å². The van der Waals surface area contributed by atoms with Crippen LogP contribution in [0.5, 0.6) is 0 Å². The molecule has 0 amide bonds. The first-order valence-electron chi connectivity index (χ1n) is 5.48. The van der Waals surface area contributed by atoms with Crippen molar-refractivity contribution < 1.29 is 18.3 Å². The minimum Gasteiger partial charge on any atom is -0.383 e. The smallest absolute Gasteiger partial charge is 0.137 e. The molecule has 2 aromatic carbocycles. The van der Waals surface area contributed by atoms with Crippen molar-refractivity contribution in [2.24, 2.45) is 0 Å². The Morgan fingerprint density at radius 3 is 2.21 bits per heavy atom. The molecule has 0 saturated carbocycles. The first kappa shape index (κ1) is 14.1. The molecule has 0 aliphatic carbocycles. The zero-order chi connectivity index (χ0) is 14.2. The van der Waals surface area contributed by atoms with E-state index in [1.807, 2.05) is 0 Å². The lowest BCUT2D eigenvalue weighted by Gasteiger charge is -2.14. The molecule has 100 valence electrons. The fourth-order valence-corrected chi connectivity index (χ4v) is 2.08. The predicted octanol–water partition coefficient (Wildman–Crippen LogP) is 4.26. The van der Waals surface area contributed by atoms with Crippen molar-refractivity contribution in [1.82, 2.24) is 0 Å². The summed E-state index contributed by atoms with van der Waals surface area (Å²) in [4.78, 5) is 0. The van der Waals surface area contributed by atoms with Gasteiger partial charge in [-0.05, 0) is 46.6 Å². The van der Waals surface area contributed by atoms with Crippen molar-refractivity contribution in [3.05, 3.63) is 68.9 Å². The van der Waals surface area contributed by atoms with Crippen LogP contribution in [0.1, 0.15) is 22.8 Å². The van der Waals surface area contributed by atoms with Gasteiger partial charge in [0.25, 0.3) is 0 Å². The van der Waals surface area contributed by atoms with Crippen LogP contribution in [0.2, 0.25) is 0 Å². The number of hydrogen-bond donors (Lipinski definition) is 1. The molecule has 1 atom stereocenters. The summed E-state index contributed by atoms with van der Waals surface area (Å²) >= 11 is 2.84. The van der Waals surface area contributed by atoms with Gasteiger partial charge in [-0.25, -0.2) is 13.2 Å². The minimum atomic E-state index is -1.55. The molecule has 5 heteroatoms. The van der Waals surface area contributed by atoms with Crippen molar-refractivity contribution in [3.8, 4) is 0 Å². The van der Waals surface area contributed by atoms with E-state index in [-0.39, 0.29) is 15.6 Å². The van der Waals surface area contributed by atoms with E-state index in [1.54, 1.807) is 13.0 Å². The highest BCUT2D eigenvalue weighted by atomic mass is 79.9. The molecule has 0 spiro atoms. The van der Waals surface area contributed by atoms with Crippen LogP contribution < -0.4 is 0 Å². The van der Waals surface area contributed by atoms with Crippen molar-refractivity contribution in [2.45, 2.75) is 13.0 Å². The third kappa shape index (κ3) is 2.82. The van der Waals surface area contributed by atoms with Crippen LogP contribution in [0.3, 0.4) is 0 Å². The van der Waals surface area contributed by atoms with Crippen LogP contribution in [0, 0.1) is 24.4 Å². The molecular formula is C14H10BrF3O. The summed E-state index contributed by atoms with van der Waals surface area (Å²) in [5.41, 5.74) is 0.283. The van der Waals surface area contributed by atoms with Crippen LogP contribution in [0.15, 0.2) is 34.8 Å². The summed E-state index contributed by atoms with van der Waals surface area (Å²) in [5, 5.41) is 10.00. The summed E-state index contributed by atoms with van der Waals surface area (Å²) in [5.74, 6) is -2.18. The topological polar surface area (TPSA) is 20.2 Å². The Labute approximate surface area is 116 Å². The van der Waals surface area contributed by atoms with Gasteiger partial charge in [0.15, 0.2) is 0 Å². The minimum absolute atomic E-state index is 0.0506. The lowest BCUT2D eigenvalue weighted by molar-refractivity contribution is 0.209. The second kappa shape index (κ2) is 5.35. The third-order valence-corrected chi connectivity index (χ3v) is 3.39. The fourth-order valence-electron chi connectivity index (χ4n) is 1.77. The van der Waals surface area contributed by atoms with Crippen LogP contribution in [-0.2, 0) is 0 Å². The van der Waals surface area contributed by atoms with Crippen LogP contribution in [-0.4, -0.2) is 5.11 Å². The maximum Gasteiger partial charge on any atom is 0.137 e. The van der Waals surface area contributed by atoms with E-state index in [2.05, 4.69) is 15.9 Å². The van der Waals surface area contributed by atoms with Crippen molar-refractivity contribution in [2.75, 3.05) is 0 Å². The molecule has 0 aliphatic heterocycles. The Morgan fingerprint density at radius 1 is 0.947 bits per heavy atom. The van der Waals surface area contributed by atoms with E-state index in [4.69, 9.17) is 0 Å². The maximum atomic E-state index is 13.7. The maximum absolute atomic E-state index is 13.7. The summed E-state index contributed by atoms with van der Waals surface area (Å²) in [6.07, 6.45) is -1.55. The van der Waals surface area contributed by atoms with Gasteiger partial charge in [0.05, 0.1) is 4.47 Å². The molecule has 2 aromatic rings. The standard InChI is InChI=1S/C14H10BrF3O/c1-7-2-3-8(11(16)4-7)14(19)9-5-13(18)10(15)6-12(9)17/h2-6,14,19H,1H3. The zero-order valence-corrected chi connectivity index (χ0v) is 11.5. The molecule has 0 heterocycles. The van der Waals surface area contributed by atoms with E-state index in [0.717, 1.165) is 12.1 Å². The molecule has 0 saturated heterocycles. The molecule has 0 aliphatic rings. The summed E-state index contributed by atoms with van der Waals surface area (Å²) < 4.78 is 40.7. The normalized spacial score (nSPS) is 12.5. The number of rotatable bonds is 2. The molecule has 2 rings (SSSR count). The molecule has 1 N–H and O–H groups in total. The van der Waals surface area contributed by atoms with E-state index in [1.165, 1.54) is 12.1 Å². The molecular weight excluding hydrogens is 321 g/mol. The quantitative estimate of drug-likeness (QED) is 0.816. The molecule has 0 aromatic heterocycles. The number of aryl methyl sites for hydroxylation is 1. The van der Waals surface area contributed by atoms with Crippen molar-refractivity contribution in [1.29, 1.82) is 0 Å². The Morgan fingerprint density at radius 2 is 1.58 bits per heavy atom. The number of benzene rings is 2. The van der Waals surface area contributed by atoms with Crippen molar-refractivity contribution in [3.63, 3.8) is 0 Å². The number of hydrogen-bond acceptors (Lipinski definition) is 1. The molecule has 1 nitrogen and oxygen atoms in total. The molecule has 0 bridgehead atoms. The number of aliphatic hydroxyl groups excluding tert-OH is 1. The molecule has 0 radical (unpaired) electrons. The largest absolute Gasteiger partial charge is 0.383 e. The first-order chi connectivity index (χ1) is 8.90. The van der Waals surface area contributed by atoms with E-state index >= 15 is 0 Å². The van der Waals surface area contributed by atoms with E-state index < -0.39 is 23.6 Å². The van der Waals surface area contributed by atoms with Gasteiger partial charge < -0.3 is 5.11 Å². The van der Waals surface area contributed by atoms with Crippen molar-refractivity contribution >= 4 is 15.9 Å². The van der Waals surface area contributed by atoms with Gasteiger partial charge in [-0.3, -0.25) is 0 Å². The third-order valence-electron chi connectivity index (χ3n) is 2.78. The Hall–Kier alpha value is -1.33. The Bertz CT molecular complexity index is 628. The van der Waals surface area contributed by atoms with Gasteiger partial charge in [-0.1, -0.05) is 12.1 Å².